The summed E-state index contributed by atoms with van der Waals surface area (Å²) in [7, 11) is 0. The molecule has 0 spiro atoms. The first kappa shape index (κ1) is 12.8. The molecule has 0 radical (unpaired) electrons. The summed E-state index contributed by atoms with van der Waals surface area (Å²) in [5.74, 6) is -3.12. The van der Waals surface area contributed by atoms with Crippen LogP contribution in [0.5, 0.6) is 11.5 Å². The molecule has 2 N–H and O–H groups in total. The zero-order chi connectivity index (χ0) is 15.3. The Morgan fingerprint density at radius 2 is 1.48 bits per heavy atom. The van der Waals surface area contributed by atoms with Crippen molar-refractivity contribution in [3.63, 3.8) is 0 Å². The van der Waals surface area contributed by atoms with Crippen molar-refractivity contribution in [3.8, 4) is 11.5 Å². The fraction of sp³-hybridized carbons (Fsp3) is 0. The first-order valence-corrected chi connectivity index (χ1v) is 5.85. The number of phenolic OH excluding ortho intramolecular Hbond substituents is 2. The molecule has 0 aromatic heterocycles. The molecular formula is C14H7NO6. The third kappa shape index (κ3) is 1.61. The highest BCUT2D eigenvalue weighted by atomic mass is 16.6. The van der Waals surface area contributed by atoms with E-state index >= 15 is 0 Å². The minimum atomic E-state index is -0.878. The molecule has 0 fully saturated rings. The molecule has 0 atom stereocenters. The summed E-state index contributed by atoms with van der Waals surface area (Å²) in [5, 5.41) is 30.4. The van der Waals surface area contributed by atoms with Crippen molar-refractivity contribution < 1.29 is 24.7 Å². The van der Waals surface area contributed by atoms with Crippen LogP contribution in [-0.2, 0) is 0 Å². The van der Waals surface area contributed by atoms with E-state index < -0.39 is 44.8 Å². The predicted octanol–water partition coefficient (Wildman–Crippen LogP) is 1.78. The van der Waals surface area contributed by atoms with Gasteiger partial charge in [0.15, 0.2) is 17.3 Å². The monoisotopic (exact) mass is 285 g/mol. The normalized spacial score (nSPS) is 12.8. The Kier molecular flexibility index (Phi) is 2.52. The number of hydrogen-bond acceptors (Lipinski definition) is 6. The fourth-order valence-corrected chi connectivity index (χ4v) is 2.39. The summed E-state index contributed by atoms with van der Waals surface area (Å²) in [5.41, 5.74) is -1.69. The Morgan fingerprint density at radius 1 is 0.952 bits per heavy atom. The highest BCUT2D eigenvalue weighted by molar-refractivity contribution is 6.30. The van der Waals surface area contributed by atoms with Crippen LogP contribution in [0.15, 0.2) is 30.3 Å². The lowest BCUT2D eigenvalue weighted by Crippen LogP contribution is -2.22. The van der Waals surface area contributed by atoms with Crippen LogP contribution in [0.1, 0.15) is 31.8 Å². The molecular weight excluding hydrogens is 278 g/mol. The van der Waals surface area contributed by atoms with Gasteiger partial charge in [0.05, 0.1) is 16.6 Å². The largest absolute Gasteiger partial charge is 0.504 e. The van der Waals surface area contributed by atoms with E-state index in [0.717, 1.165) is 0 Å². The molecule has 2 aromatic carbocycles. The second-order valence-corrected chi connectivity index (χ2v) is 4.47. The van der Waals surface area contributed by atoms with Crippen molar-refractivity contribution in [2.24, 2.45) is 0 Å². The predicted molar refractivity (Wildman–Crippen MR) is 69.7 cm³/mol. The molecule has 7 heteroatoms. The number of nitro groups is 1. The molecule has 0 amide bonds. The van der Waals surface area contributed by atoms with Crippen LogP contribution in [0.3, 0.4) is 0 Å². The van der Waals surface area contributed by atoms with Gasteiger partial charge in [0.1, 0.15) is 5.56 Å². The zero-order valence-corrected chi connectivity index (χ0v) is 10.4. The molecule has 104 valence electrons. The summed E-state index contributed by atoms with van der Waals surface area (Å²) in [6, 6.07) is 6.48. The van der Waals surface area contributed by atoms with Gasteiger partial charge in [-0.2, -0.15) is 0 Å². The van der Waals surface area contributed by atoms with Crippen LogP contribution in [0.4, 0.5) is 5.69 Å². The number of fused-ring (bicyclic) bond motifs is 2. The molecule has 0 saturated carbocycles. The van der Waals surface area contributed by atoms with E-state index in [4.69, 9.17) is 0 Å². The van der Waals surface area contributed by atoms with E-state index in [-0.39, 0.29) is 11.1 Å². The molecule has 0 aliphatic heterocycles. The smallest absolute Gasteiger partial charge is 0.285 e. The Bertz CT molecular complexity index is 840. The fourth-order valence-electron chi connectivity index (χ4n) is 2.39. The molecule has 3 rings (SSSR count). The molecule has 2 aromatic rings. The number of hydrogen-bond donors (Lipinski definition) is 2. The lowest BCUT2D eigenvalue weighted by atomic mass is 9.82. The maximum Gasteiger partial charge on any atom is 0.285 e. The van der Waals surface area contributed by atoms with Crippen LogP contribution in [-0.4, -0.2) is 26.7 Å². The minimum absolute atomic E-state index is 0.0307. The van der Waals surface area contributed by atoms with E-state index in [1.165, 1.54) is 24.3 Å². The van der Waals surface area contributed by atoms with E-state index in [1.807, 2.05) is 0 Å². The molecule has 7 nitrogen and oxygen atoms in total. The third-order valence-electron chi connectivity index (χ3n) is 3.33. The van der Waals surface area contributed by atoms with E-state index in [9.17, 15) is 29.9 Å². The molecule has 0 bridgehead atoms. The van der Waals surface area contributed by atoms with E-state index in [1.54, 1.807) is 0 Å². The average Bonchev–Trinajstić information content (AvgIpc) is 2.47. The quantitative estimate of drug-likeness (QED) is 0.399. The maximum atomic E-state index is 12.4. The maximum absolute atomic E-state index is 12.4. The van der Waals surface area contributed by atoms with Gasteiger partial charge in [-0.1, -0.05) is 24.3 Å². The summed E-state index contributed by atoms with van der Waals surface area (Å²) in [6.45, 7) is 0. The molecule has 1 aliphatic carbocycles. The standard InChI is InChI=1S/C14H7NO6/c16-9-5-8(15(20)21)10-11(14(9)19)13(18)7-4-2-1-3-6(7)12(10)17/h1-5,16,19H. The SMILES string of the molecule is O=C1c2ccccc2C(=O)c2c(O)c(O)cc([N+](=O)[O-])c21. The number of phenols is 2. The third-order valence-corrected chi connectivity index (χ3v) is 3.33. The highest BCUT2D eigenvalue weighted by Crippen LogP contribution is 2.42. The van der Waals surface area contributed by atoms with Crippen LogP contribution in [0, 0.1) is 10.1 Å². The van der Waals surface area contributed by atoms with Gasteiger partial charge in [0.25, 0.3) is 5.69 Å². The van der Waals surface area contributed by atoms with Crippen LogP contribution < -0.4 is 0 Å². The average molecular weight is 285 g/mol. The number of carbonyl (C=O) groups is 2. The van der Waals surface area contributed by atoms with Crippen molar-refractivity contribution in [2.75, 3.05) is 0 Å². The lowest BCUT2D eigenvalue weighted by molar-refractivity contribution is -0.385. The molecule has 0 saturated heterocycles. The number of nitro benzene ring substituents is 1. The highest BCUT2D eigenvalue weighted by Gasteiger charge is 2.39. The van der Waals surface area contributed by atoms with E-state index in [2.05, 4.69) is 0 Å². The van der Waals surface area contributed by atoms with Gasteiger partial charge in [-0.05, 0) is 0 Å². The van der Waals surface area contributed by atoms with Gasteiger partial charge in [0.2, 0.25) is 5.78 Å². The zero-order valence-electron chi connectivity index (χ0n) is 10.4. The van der Waals surface area contributed by atoms with Crippen LogP contribution in [0.2, 0.25) is 0 Å². The molecule has 0 unspecified atom stereocenters. The van der Waals surface area contributed by atoms with Gasteiger partial charge in [-0.3, -0.25) is 19.7 Å². The Balaban J connectivity index is 2.45. The number of aromatic hydroxyl groups is 2. The number of carbonyl (C=O) groups excluding carboxylic acids is 2. The second kappa shape index (κ2) is 4.14. The van der Waals surface area contributed by atoms with Gasteiger partial charge < -0.3 is 10.2 Å². The van der Waals surface area contributed by atoms with Crippen molar-refractivity contribution >= 4 is 17.3 Å². The minimum Gasteiger partial charge on any atom is -0.504 e. The van der Waals surface area contributed by atoms with Gasteiger partial charge >= 0.3 is 0 Å². The van der Waals surface area contributed by atoms with Gasteiger partial charge in [-0.25, -0.2) is 0 Å². The van der Waals surface area contributed by atoms with Crippen molar-refractivity contribution in [1.82, 2.24) is 0 Å². The van der Waals surface area contributed by atoms with Crippen LogP contribution in [0.25, 0.3) is 0 Å². The van der Waals surface area contributed by atoms with E-state index in [0.29, 0.717) is 6.07 Å². The number of ketones is 2. The summed E-state index contributed by atoms with van der Waals surface area (Å²) in [6.07, 6.45) is 0. The Morgan fingerprint density at radius 3 is 2.00 bits per heavy atom. The molecule has 1 aliphatic rings. The van der Waals surface area contributed by atoms with Crippen molar-refractivity contribution in [1.29, 1.82) is 0 Å². The van der Waals surface area contributed by atoms with Crippen molar-refractivity contribution in [3.05, 3.63) is 62.7 Å². The first-order valence-electron chi connectivity index (χ1n) is 5.85. The van der Waals surface area contributed by atoms with Crippen molar-refractivity contribution in [2.45, 2.75) is 0 Å². The number of rotatable bonds is 1. The number of nitrogens with zero attached hydrogens (tertiary/aromatic N) is 1. The Hall–Kier alpha value is -3.22. The number of benzene rings is 2. The second-order valence-electron chi connectivity index (χ2n) is 4.47. The molecule has 21 heavy (non-hydrogen) atoms. The summed E-state index contributed by atoms with van der Waals surface area (Å²) < 4.78 is 0. The van der Waals surface area contributed by atoms with Gasteiger partial charge in [-0.15, -0.1) is 0 Å². The topological polar surface area (TPSA) is 118 Å². The van der Waals surface area contributed by atoms with Gasteiger partial charge in [0, 0.05) is 11.1 Å². The summed E-state index contributed by atoms with van der Waals surface area (Å²) in [4.78, 5) is 34.9. The first-order chi connectivity index (χ1) is 9.93. The molecule has 0 heterocycles. The lowest BCUT2D eigenvalue weighted by Gasteiger charge is -2.18. The summed E-state index contributed by atoms with van der Waals surface area (Å²) >= 11 is 0. The Labute approximate surface area is 117 Å². The van der Waals surface area contributed by atoms with Crippen LogP contribution >= 0.6 is 0 Å².